The molecule has 0 radical (unpaired) electrons. The molecule has 0 aromatic heterocycles. The number of benzene rings is 1. The summed E-state index contributed by atoms with van der Waals surface area (Å²) in [6.07, 6.45) is 5.35. The van der Waals surface area contributed by atoms with Gasteiger partial charge in [-0.2, -0.15) is 0 Å². The van der Waals surface area contributed by atoms with Crippen molar-refractivity contribution in [2.45, 2.75) is 19.9 Å². The maximum atomic E-state index is 12.3. The van der Waals surface area contributed by atoms with Gasteiger partial charge in [-0.25, -0.2) is 0 Å². The highest BCUT2D eigenvalue weighted by atomic mass is 35.5. The van der Waals surface area contributed by atoms with Gasteiger partial charge in [0.2, 0.25) is 5.91 Å². The molecule has 2 rings (SSSR count). The second-order valence-corrected chi connectivity index (χ2v) is 6.28. The monoisotopic (exact) mass is 352 g/mol. The lowest BCUT2D eigenvalue weighted by atomic mass is 10.1. The number of nitrogens with one attached hydrogen (secondary N) is 1. The Bertz CT molecular complexity index is 697. The van der Waals surface area contributed by atoms with Crippen molar-refractivity contribution < 1.29 is 14.4 Å². The van der Waals surface area contributed by atoms with E-state index in [1.807, 2.05) is 13.8 Å². The number of carbonyl (C=O) groups excluding carboxylic acids is 3. The molecule has 0 saturated carbocycles. The normalized spacial score (nSPS) is 14.7. The number of carbonyl (C=O) groups is 3. The van der Waals surface area contributed by atoms with Gasteiger partial charge in [0.1, 0.15) is 6.54 Å². The molecule has 0 unspecified atom stereocenters. The van der Waals surface area contributed by atoms with Crippen LogP contribution in [0.3, 0.4) is 0 Å². The van der Waals surface area contributed by atoms with Crippen LogP contribution in [0.1, 0.15) is 34.6 Å². The lowest BCUT2D eigenvalue weighted by Gasteiger charge is -2.19. The predicted molar refractivity (Wildman–Crippen MR) is 87.4 cm³/mol. The van der Waals surface area contributed by atoms with Crippen molar-refractivity contribution in [2.75, 3.05) is 6.54 Å². The van der Waals surface area contributed by atoms with Crippen molar-refractivity contribution in [3.8, 4) is 12.3 Å². The highest BCUT2D eigenvalue weighted by Crippen LogP contribution is 2.31. The first-order chi connectivity index (χ1) is 10.8. The molecule has 1 aliphatic rings. The Morgan fingerprint density at radius 3 is 2.09 bits per heavy atom. The molecule has 0 saturated heterocycles. The fourth-order valence-electron chi connectivity index (χ4n) is 2.19. The zero-order valence-electron chi connectivity index (χ0n) is 12.5. The van der Waals surface area contributed by atoms with Crippen LogP contribution in [-0.4, -0.2) is 35.2 Å². The molecule has 0 aliphatic carbocycles. The summed E-state index contributed by atoms with van der Waals surface area (Å²) in [6.45, 7) is 3.31. The van der Waals surface area contributed by atoms with Crippen molar-refractivity contribution in [1.82, 2.24) is 10.2 Å². The van der Waals surface area contributed by atoms with Gasteiger partial charge in [0.25, 0.3) is 11.8 Å². The number of hydrogen-bond acceptors (Lipinski definition) is 3. The zero-order valence-corrected chi connectivity index (χ0v) is 14.0. The van der Waals surface area contributed by atoms with Gasteiger partial charge in [-0.15, -0.1) is 6.42 Å². The number of hydrogen-bond donors (Lipinski definition) is 1. The minimum atomic E-state index is -0.583. The van der Waals surface area contributed by atoms with Crippen LogP contribution < -0.4 is 5.32 Å². The molecule has 1 N–H and O–H groups in total. The van der Waals surface area contributed by atoms with E-state index in [0.29, 0.717) is 0 Å². The molecule has 0 bridgehead atoms. The standard InChI is InChI=1S/C16H14Cl2N2O3/c1-4-13(8(2)3)19-14(21)7-20-15(22)9-5-11(17)12(18)6-10(9)16(20)23/h1,5-6,8,13H,7H2,2-3H3,(H,19,21)/t13-/m1/s1. The van der Waals surface area contributed by atoms with Crippen molar-refractivity contribution in [2.24, 2.45) is 5.92 Å². The smallest absolute Gasteiger partial charge is 0.262 e. The largest absolute Gasteiger partial charge is 0.341 e. The predicted octanol–water partition coefficient (Wildman–Crippen LogP) is 2.36. The minimum absolute atomic E-state index is 0.0312. The Hall–Kier alpha value is -2.03. The van der Waals surface area contributed by atoms with E-state index < -0.39 is 30.3 Å². The van der Waals surface area contributed by atoms with E-state index in [4.69, 9.17) is 29.6 Å². The summed E-state index contributed by atoms with van der Waals surface area (Å²) in [4.78, 5) is 37.4. The van der Waals surface area contributed by atoms with Crippen molar-refractivity contribution in [3.63, 3.8) is 0 Å². The molecule has 0 spiro atoms. The fraction of sp³-hybridized carbons (Fsp3) is 0.312. The van der Waals surface area contributed by atoms with E-state index in [1.165, 1.54) is 12.1 Å². The maximum Gasteiger partial charge on any atom is 0.262 e. The van der Waals surface area contributed by atoms with Crippen molar-refractivity contribution in [1.29, 1.82) is 0 Å². The summed E-state index contributed by atoms with van der Waals surface area (Å²) in [7, 11) is 0. The number of rotatable bonds is 4. The first-order valence-corrected chi connectivity index (χ1v) is 7.62. The van der Waals surface area contributed by atoms with Gasteiger partial charge in [0.15, 0.2) is 0 Å². The lowest BCUT2D eigenvalue weighted by molar-refractivity contribution is -0.122. The Morgan fingerprint density at radius 1 is 1.22 bits per heavy atom. The Labute approximate surface area is 143 Å². The molecule has 5 nitrogen and oxygen atoms in total. The van der Waals surface area contributed by atoms with E-state index in [9.17, 15) is 14.4 Å². The summed E-state index contributed by atoms with van der Waals surface area (Å²) in [5.74, 6) is 0.816. The summed E-state index contributed by atoms with van der Waals surface area (Å²) in [5, 5.41) is 2.95. The molecule has 120 valence electrons. The lowest BCUT2D eigenvalue weighted by Crippen LogP contribution is -2.45. The van der Waals surface area contributed by atoms with Crippen LogP contribution >= 0.6 is 23.2 Å². The molecule has 0 fully saturated rings. The third-order valence-corrected chi connectivity index (χ3v) is 4.20. The molecular weight excluding hydrogens is 339 g/mol. The summed E-state index contributed by atoms with van der Waals surface area (Å²) < 4.78 is 0. The number of amides is 3. The Kier molecular flexibility index (Phi) is 4.98. The van der Waals surface area contributed by atoms with E-state index in [1.54, 1.807) is 0 Å². The van der Waals surface area contributed by atoms with E-state index in [2.05, 4.69) is 11.2 Å². The second kappa shape index (κ2) is 6.61. The Balaban J connectivity index is 2.17. The van der Waals surface area contributed by atoms with Crippen molar-refractivity contribution in [3.05, 3.63) is 33.3 Å². The number of fused-ring (bicyclic) bond motifs is 1. The van der Waals surface area contributed by atoms with Crippen molar-refractivity contribution >= 4 is 40.9 Å². The Morgan fingerprint density at radius 2 is 1.70 bits per heavy atom. The summed E-state index contributed by atoms with van der Waals surface area (Å²) in [5.41, 5.74) is 0.268. The molecule has 3 amide bonds. The van der Waals surface area contributed by atoms with Gasteiger partial charge in [0, 0.05) is 0 Å². The third-order valence-electron chi connectivity index (χ3n) is 3.48. The average molecular weight is 353 g/mol. The van der Waals surface area contributed by atoms with Gasteiger partial charge in [0.05, 0.1) is 27.2 Å². The minimum Gasteiger partial charge on any atom is -0.341 e. The van der Waals surface area contributed by atoms with Gasteiger partial charge >= 0.3 is 0 Å². The SMILES string of the molecule is C#C[C@@H](NC(=O)CN1C(=O)c2cc(Cl)c(Cl)cc2C1=O)C(C)C. The average Bonchev–Trinajstić information content (AvgIpc) is 2.70. The third kappa shape index (κ3) is 3.34. The van der Waals surface area contributed by atoms with Crippen LogP contribution in [0.15, 0.2) is 12.1 Å². The van der Waals surface area contributed by atoms with Gasteiger partial charge in [-0.3, -0.25) is 19.3 Å². The molecular formula is C16H14Cl2N2O3. The zero-order chi connectivity index (χ0) is 17.3. The van der Waals surface area contributed by atoms with Gasteiger partial charge < -0.3 is 5.32 Å². The quantitative estimate of drug-likeness (QED) is 0.668. The summed E-state index contributed by atoms with van der Waals surface area (Å²) >= 11 is 11.7. The maximum absolute atomic E-state index is 12.3. The van der Waals surface area contributed by atoms with E-state index in [0.717, 1.165) is 4.90 Å². The van der Waals surface area contributed by atoms with Crippen LogP contribution in [0.5, 0.6) is 0 Å². The first-order valence-electron chi connectivity index (χ1n) is 6.87. The number of terminal acetylenes is 1. The van der Waals surface area contributed by atoms with Crippen LogP contribution in [0.25, 0.3) is 0 Å². The van der Waals surface area contributed by atoms with Crippen LogP contribution in [0, 0.1) is 18.3 Å². The molecule has 7 heteroatoms. The topological polar surface area (TPSA) is 66.5 Å². The van der Waals surface area contributed by atoms with Gasteiger partial charge in [-0.1, -0.05) is 43.0 Å². The number of halogens is 2. The van der Waals surface area contributed by atoms with E-state index in [-0.39, 0.29) is 27.1 Å². The molecule has 23 heavy (non-hydrogen) atoms. The molecule has 1 aromatic carbocycles. The van der Waals surface area contributed by atoms with E-state index >= 15 is 0 Å². The van der Waals surface area contributed by atoms with Crippen LogP contribution in [0.4, 0.5) is 0 Å². The first kappa shape index (κ1) is 17.3. The highest BCUT2D eigenvalue weighted by molar-refractivity contribution is 6.43. The molecule has 1 atom stereocenters. The molecule has 1 heterocycles. The fourth-order valence-corrected chi connectivity index (χ4v) is 2.52. The summed E-state index contributed by atoms with van der Waals surface area (Å²) in [6, 6.07) is 2.19. The van der Waals surface area contributed by atoms with Crippen LogP contribution in [-0.2, 0) is 4.79 Å². The molecule has 1 aliphatic heterocycles. The molecule has 1 aromatic rings. The second-order valence-electron chi connectivity index (χ2n) is 5.46. The van der Waals surface area contributed by atoms with Crippen LogP contribution in [0.2, 0.25) is 10.0 Å². The van der Waals surface area contributed by atoms with Gasteiger partial charge in [-0.05, 0) is 18.1 Å². The number of nitrogens with zero attached hydrogens (tertiary/aromatic N) is 1. The number of imide groups is 1. The highest BCUT2D eigenvalue weighted by Gasteiger charge is 2.37.